The second-order valence-corrected chi connectivity index (χ2v) is 3.56. The van der Waals surface area contributed by atoms with Gasteiger partial charge in [0.25, 0.3) is 0 Å². The number of hydrogen-bond donors (Lipinski definition) is 3. The van der Waals surface area contributed by atoms with E-state index in [4.69, 9.17) is 10.8 Å². The van der Waals surface area contributed by atoms with Crippen LogP contribution >= 0.6 is 24.4 Å². The highest BCUT2D eigenvalue weighted by Gasteiger charge is 2.03. The van der Waals surface area contributed by atoms with Gasteiger partial charge in [-0.1, -0.05) is 11.8 Å². The fourth-order valence-corrected chi connectivity index (χ4v) is 1.58. The third kappa shape index (κ3) is 3.51. The standard InChI is InChI=1S/C6H7N3O2S2/c7-6-8-3(12)1-4(9-6)13-2-5(10)11/h1H,2H2,(H,10,11)(H3,7,8,9,12). The number of nitrogens with zero attached hydrogens (tertiary/aromatic N) is 2. The van der Waals surface area contributed by atoms with Crippen LogP contribution in [0.25, 0.3) is 0 Å². The first-order chi connectivity index (χ1) is 6.08. The number of nitrogen functional groups attached to an aromatic ring is 1. The van der Waals surface area contributed by atoms with Crippen LogP contribution in [0.2, 0.25) is 0 Å². The minimum absolute atomic E-state index is 0.0519. The normalized spacial score (nSPS) is 9.92. The van der Waals surface area contributed by atoms with Crippen molar-refractivity contribution in [1.29, 1.82) is 0 Å². The van der Waals surface area contributed by atoms with Gasteiger partial charge in [0, 0.05) is 6.07 Å². The van der Waals surface area contributed by atoms with Crippen molar-refractivity contribution in [3.63, 3.8) is 0 Å². The Balaban J connectivity index is 2.71. The van der Waals surface area contributed by atoms with Crippen molar-refractivity contribution >= 4 is 36.3 Å². The predicted octanol–water partition coefficient (Wildman–Crippen LogP) is 0.524. The first kappa shape index (κ1) is 10.1. The summed E-state index contributed by atoms with van der Waals surface area (Å²) < 4.78 is 0. The molecule has 1 rings (SSSR count). The van der Waals surface area contributed by atoms with E-state index >= 15 is 0 Å². The van der Waals surface area contributed by atoms with Crippen molar-refractivity contribution in [3.05, 3.63) is 6.07 Å². The van der Waals surface area contributed by atoms with Crippen LogP contribution in [-0.2, 0) is 4.79 Å². The van der Waals surface area contributed by atoms with Gasteiger partial charge in [-0.05, 0) is 0 Å². The van der Waals surface area contributed by atoms with Gasteiger partial charge in [0.15, 0.2) is 0 Å². The predicted molar refractivity (Wildman–Crippen MR) is 52.1 cm³/mol. The third-order valence-corrected chi connectivity index (χ3v) is 2.18. The number of aromatic nitrogens is 2. The zero-order valence-electron chi connectivity index (χ0n) is 6.47. The van der Waals surface area contributed by atoms with Gasteiger partial charge in [-0.3, -0.25) is 4.79 Å². The lowest BCUT2D eigenvalue weighted by Gasteiger charge is -1.99. The first-order valence-electron chi connectivity index (χ1n) is 3.26. The summed E-state index contributed by atoms with van der Waals surface area (Å²) >= 11 is 5.05. The molecule has 0 saturated heterocycles. The highest BCUT2D eigenvalue weighted by molar-refractivity contribution is 7.99. The maximum absolute atomic E-state index is 10.2. The zero-order chi connectivity index (χ0) is 9.84. The molecule has 0 unspecified atom stereocenters. The van der Waals surface area contributed by atoms with Gasteiger partial charge in [0.1, 0.15) is 5.03 Å². The number of thiol groups is 1. The molecule has 0 amide bonds. The summed E-state index contributed by atoms with van der Waals surface area (Å²) in [4.78, 5) is 17.8. The number of aliphatic carboxylic acids is 1. The highest BCUT2D eigenvalue weighted by atomic mass is 32.2. The number of nitrogens with two attached hydrogens (primary N) is 1. The molecule has 3 N–H and O–H groups in total. The van der Waals surface area contributed by atoms with Crippen molar-refractivity contribution in [2.45, 2.75) is 10.1 Å². The molecule has 1 aromatic rings. The highest BCUT2D eigenvalue weighted by Crippen LogP contribution is 2.18. The summed E-state index contributed by atoms with van der Waals surface area (Å²) in [6.07, 6.45) is 0. The summed E-state index contributed by atoms with van der Waals surface area (Å²) in [6.45, 7) is 0. The molecule has 0 bridgehead atoms. The molecule has 0 radical (unpaired) electrons. The Morgan fingerprint density at radius 3 is 2.92 bits per heavy atom. The summed E-state index contributed by atoms with van der Waals surface area (Å²) in [6, 6.07) is 1.56. The van der Waals surface area contributed by atoms with E-state index < -0.39 is 5.97 Å². The number of carboxylic acids is 1. The molecule has 0 aliphatic rings. The van der Waals surface area contributed by atoms with E-state index in [9.17, 15) is 4.79 Å². The molecule has 7 heteroatoms. The number of carboxylic acid groups (broad SMARTS) is 1. The molecule has 1 heterocycles. The van der Waals surface area contributed by atoms with Gasteiger partial charge < -0.3 is 10.8 Å². The lowest BCUT2D eigenvalue weighted by Crippen LogP contribution is -2.00. The molecule has 0 aliphatic carbocycles. The SMILES string of the molecule is Nc1nc(S)cc(SCC(=O)O)n1. The maximum atomic E-state index is 10.2. The Bertz CT molecular complexity index is 311. The summed E-state index contributed by atoms with van der Waals surface area (Å²) in [5, 5.41) is 9.34. The topological polar surface area (TPSA) is 89.1 Å². The molecular formula is C6H7N3O2S2. The third-order valence-electron chi connectivity index (χ3n) is 1.05. The molecule has 0 aromatic carbocycles. The number of carbonyl (C=O) groups is 1. The van der Waals surface area contributed by atoms with Crippen molar-refractivity contribution in [3.8, 4) is 0 Å². The van der Waals surface area contributed by atoms with Gasteiger partial charge in [-0.15, -0.1) is 12.6 Å². The van der Waals surface area contributed by atoms with Gasteiger partial charge in [-0.2, -0.15) is 0 Å². The molecule has 0 aliphatic heterocycles. The molecule has 0 fully saturated rings. The average molecular weight is 217 g/mol. The van der Waals surface area contributed by atoms with E-state index in [-0.39, 0.29) is 11.7 Å². The Kier molecular flexibility index (Phi) is 3.38. The Morgan fingerprint density at radius 1 is 1.69 bits per heavy atom. The van der Waals surface area contributed by atoms with Crippen LogP contribution in [0.3, 0.4) is 0 Å². The summed E-state index contributed by atoms with van der Waals surface area (Å²) in [5.41, 5.74) is 5.33. The van der Waals surface area contributed by atoms with Crippen LogP contribution in [0.5, 0.6) is 0 Å². The van der Waals surface area contributed by atoms with E-state index in [1.807, 2.05) is 0 Å². The quantitative estimate of drug-likeness (QED) is 0.388. The molecule has 13 heavy (non-hydrogen) atoms. The van der Waals surface area contributed by atoms with Gasteiger partial charge in [0.2, 0.25) is 5.95 Å². The largest absolute Gasteiger partial charge is 0.481 e. The lowest BCUT2D eigenvalue weighted by atomic mass is 10.7. The maximum Gasteiger partial charge on any atom is 0.313 e. The van der Waals surface area contributed by atoms with Crippen LogP contribution in [0, 0.1) is 0 Å². The van der Waals surface area contributed by atoms with E-state index in [2.05, 4.69) is 22.6 Å². The Hall–Kier alpha value is -0.950. The Morgan fingerprint density at radius 2 is 2.38 bits per heavy atom. The molecular weight excluding hydrogens is 210 g/mol. The monoisotopic (exact) mass is 217 g/mol. The van der Waals surface area contributed by atoms with Crippen LogP contribution in [0.1, 0.15) is 0 Å². The van der Waals surface area contributed by atoms with Crippen molar-refractivity contribution in [1.82, 2.24) is 9.97 Å². The van der Waals surface area contributed by atoms with E-state index in [0.717, 1.165) is 11.8 Å². The number of thioether (sulfide) groups is 1. The second-order valence-electron chi connectivity index (χ2n) is 2.10. The zero-order valence-corrected chi connectivity index (χ0v) is 8.18. The fraction of sp³-hybridized carbons (Fsp3) is 0.167. The molecule has 5 nitrogen and oxygen atoms in total. The minimum atomic E-state index is -0.900. The smallest absolute Gasteiger partial charge is 0.313 e. The molecule has 0 spiro atoms. The van der Waals surface area contributed by atoms with Crippen LogP contribution in [0.4, 0.5) is 5.95 Å². The van der Waals surface area contributed by atoms with Crippen molar-refractivity contribution in [2.24, 2.45) is 0 Å². The van der Waals surface area contributed by atoms with Crippen LogP contribution in [0.15, 0.2) is 16.1 Å². The number of hydrogen-bond acceptors (Lipinski definition) is 6. The minimum Gasteiger partial charge on any atom is -0.481 e. The Labute approximate surface area is 84.2 Å². The number of rotatable bonds is 3. The van der Waals surface area contributed by atoms with Gasteiger partial charge in [0.05, 0.1) is 10.8 Å². The van der Waals surface area contributed by atoms with Gasteiger partial charge in [-0.25, -0.2) is 9.97 Å². The fourth-order valence-electron chi connectivity index (χ4n) is 0.640. The second kappa shape index (κ2) is 4.33. The number of anilines is 1. The van der Waals surface area contributed by atoms with Crippen LogP contribution in [-0.4, -0.2) is 26.8 Å². The molecule has 0 atom stereocenters. The van der Waals surface area contributed by atoms with Gasteiger partial charge >= 0.3 is 5.97 Å². The lowest BCUT2D eigenvalue weighted by molar-refractivity contribution is -0.133. The van der Waals surface area contributed by atoms with Crippen LogP contribution < -0.4 is 5.73 Å². The van der Waals surface area contributed by atoms with Crippen molar-refractivity contribution in [2.75, 3.05) is 11.5 Å². The molecule has 1 aromatic heterocycles. The molecule has 0 saturated carbocycles. The average Bonchev–Trinajstić information content (AvgIpc) is 1.99. The summed E-state index contributed by atoms with van der Waals surface area (Å²) in [7, 11) is 0. The van der Waals surface area contributed by atoms with E-state index in [1.165, 1.54) is 0 Å². The van der Waals surface area contributed by atoms with Crippen molar-refractivity contribution < 1.29 is 9.90 Å². The van der Waals surface area contributed by atoms with E-state index in [0.29, 0.717) is 10.1 Å². The first-order valence-corrected chi connectivity index (χ1v) is 4.69. The molecule has 70 valence electrons. The summed E-state index contributed by atoms with van der Waals surface area (Å²) in [5.74, 6) is -0.854. The van der Waals surface area contributed by atoms with E-state index in [1.54, 1.807) is 6.07 Å².